The highest BCUT2D eigenvalue weighted by atomic mass is 127. The van der Waals surface area contributed by atoms with E-state index in [4.69, 9.17) is 10.5 Å². The van der Waals surface area contributed by atoms with Crippen molar-refractivity contribution in [1.29, 1.82) is 0 Å². The van der Waals surface area contributed by atoms with Gasteiger partial charge in [-0.1, -0.05) is 12.8 Å². The monoisotopic (exact) mass is 467 g/mol. The Labute approximate surface area is 168 Å². The lowest BCUT2D eigenvalue weighted by Gasteiger charge is -2.29. The lowest BCUT2D eigenvalue weighted by molar-refractivity contribution is -0.138. The number of morpholine rings is 1. The van der Waals surface area contributed by atoms with E-state index in [0.29, 0.717) is 12.5 Å². The first-order valence-electron chi connectivity index (χ1n) is 9.09. The van der Waals surface area contributed by atoms with Crippen molar-refractivity contribution in [2.45, 2.75) is 32.1 Å². The first kappa shape index (κ1) is 22.4. The van der Waals surface area contributed by atoms with Gasteiger partial charge in [-0.2, -0.15) is 0 Å². The summed E-state index contributed by atoms with van der Waals surface area (Å²) in [5.41, 5.74) is 5.64. The van der Waals surface area contributed by atoms with Crippen LogP contribution < -0.4 is 11.1 Å². The van der Waals surface area contributed by atoms with Gasteiger partial charge in [-0.3, -0.25) is 14.7 Å². The number of halogens is 1. The highest BCUT2D eigenvalue weighted by Crippen LogP contribution is 2.39. The topological polar surface area (TPSA) is 83.2 Å². The molecule has 0 unspecified atom stereocenters. The van der Waals surface area contributed by atoms with Gasteiger partial charge in [0.15, 0.2) is 5.96 Å². The molecule has 1 aliphatic heterocycles. The molecule has 0 atom stereocenters. The fraction of sp³-hybridized carbons (Fsp3) is 0.882. The van der Waals surface area contributed by atoms with E-state index >= 15 is 0 Å². The molecule has 8 heteroatoms. The van der Waals surface area contributed by atoms with E-state index < -0.39 is 0 Å². The third-order valence-corrected chi connectivity index (χ3v) is 5.03. The average molecular weight is 467 g/mol. The molecule has 3 N–H and O–H groups in total. The molecule has 0 bridgehead atoms. The predicted octanol–water partition coefficient (Wildman–Crippen LogP) is 0.880. The highest BCUT2D eigenvalue weighted by Gasteiger charge is 2.41. The minimum absolute atomic E-state index is 0. The summed E-state index contributed by atoms with van der Waals surface area (Å²) in [7, 11) is 3.64. The Morgan fingerprint density at radius 1 is 1.28 bits per heavy atom. The summed E-state index contributed by atoms with van der Waals surface area (Å²) >= 11 is 0. The molecule has 7 nitrogen and oxygen atoms in total. The maximum atomic E-state index is 12.5. The Hall–Kier alpha value is -0.610. The summed E-state index contributed by atoms with van der Waals surface area (Å²) in [6.07, 6.45) is 5.05. The van der Waals surface area contributed by atoms with Crippen molar-refractivity contribution < 1.29 is 9.53 Å². The summed E-state index contributed by atoms with van der Waals surface area (Å²) in [6, 6.07) is 0. The molecule has 0 aromatic rings. The Balaban J connectivity index is 0.00000312. The molecular weight excluding hydrogens is 433 g/mol. The van der Waals surface area contributed by atoms with Crippen LogP contribution in [0.25, 0.3) is 0 Å². The summed E-state index contributed by atoms with van der Waals surface area (Å²) in [5, 5.41) is 3.18. The van der Waals surface area contributed by atoms with Crippen LogP contribution in [0.3, 0.4) is 0 Å². The van der Waals surface area contributed by atoms with Gasteiger partial charge in [0.05, 0.1) is 25.2 Å². The summed E-state index contributed by atoms with van der Waals surface area (Å²) in [4.78, 5) is 21.1. The maximum absolute atomic E-state index is 12.5. The van der Waals surface area contributed by atoms with Gasteiger partial charge in [-0.25, -0.2) is 0 Å². The number of hydrogen-bond acceptors (Lipinski definition) is 4. The van der Waals surface area contributed by atoms with Crippen LogP contribution in [-0.2, 0) is 9.53 Å². The van der Waals surface area contributed by atoms with Crippen LogP contribution in [-0.4, -0.2) is 81.7 Å². The van der Waals surface area contributed by atoms with Crippen LogP contribution >= 0.6 is 24.0 Å². The number of nitrogens with one attached hydrogen (secondary N) is 1. The molecule has 0 aromatic carbocycles. The Kier molecular flexibility index (Phi) is 10.0. The second kappa shape index (κ2) is 11.2. The molecule has 1 amide bonds. The fourth-order valence-electron chi connectivity index (χ4n) is 3.60. The van der Waals surface area contributed by atoms with Gasteiger partial charge in [-0.05, 0) is 25.8 Å². The van der Waals surface area contributed by atoms with Crippen LogP contribution in [0.5, 0.6) is 0 Å². The van der Waals surface area contributed by atoms with E-state index in [-0.39, 0.29) is 35.3 Å². The molecule has 1 saturated carbocycles. The van der Waals surface area contributed by atoms with Gasteiger partial charge in [0.1, 0.15) is 0 Å². The van der Waals surface area contributed by atoms with E-state index in [1.807, 2.05) is 14.1 Å². The zero-order valence-corrected chi connectivity index (χ0v) is 18.0. The quantitative estimate of drug-likeness (QED) is 0.252. The minimum Gasteiger partial charge on any atom is -0.379 e. The molecule has 0 spiro atoms. The van der Waals surface area contributed by atoms with Gasteiger partial charge in [0.25, 0.3) is 0 Å². The van der Waals surface area contributed by atoms with Crippen LogP contribution in [0.1, 0.15) is 32.1 Å². The van der Waals surface area contributed by atoms with Crippen molar-refractivity contribution in [3.05, 3.63) is 0 Å². The molecule has 0 radical (unpaired) electrons. The molecular formula is C17H34IN5O2. The zero-order chi connectivity index (χ0) is 17.4. The number of nitrogens with two attached hydrogens (primary N) is 1. The second-order valence-corrected chi connectivity index (χ2v) is 7.12. The SMILES string of the molecule is CN(C)C(=O)C1(CN=C(N)NCCCN2CCOCC2)CCCC1.I. The number of carbonyl (C=O) groups is 1. The molecule has 2 fully saturated rings. The van der Waals surface area contributed by atoms with E-state index in [1.165, 1.54) is 0 Å². The van der Waals surface area contributed by atoms with Gasteiger partial charge < -0.3 is 20.7 Å². The van der Waals surface area contributed by atoms with Crippen molar-refractivity contribution in [1.82, 2.24) is 15.1 Å². The highest BCUT2D eigenvalue weighted by molar-refractivity contribution is 14.0. The van der Waals surface area contributed by atoms with Gasteiger partial charge in [0.2, 0.25) is 5.91 Å². The smallest absolute Gasteiger partial charge is 0.230 e. The van der Waals surface area contributed by atoms with E-state index in [0.717, 1.165) is 71.5 Å². The Morgan fingerprint density at radius 3 is 2.52 bits per heavy atom. The lowest BCUT2D eigenvalue weighted by atomic mass is 9.85. The number of rotatable bonds is 7. The fourth-order valence-corrected chi connectivity index (χ4v) is 3.60. The molecule has 1 heterocycles. The molecule has 25 heavy (non-hydrogen) atoms. The summed E-state index contributed by atoms with van der Waals surface area (Å²) < 4.78 is 5.34. The van der Waals surface area contributed by atoms with Crippen molar-refractivity contribution >= 4 is 35.8 Å². The van der Waals surface area contributed by atoms with E-state index in [1.54, 1.807) is 4.90 Å². The average Bonchev–Trinajstić information content (AvgIpc) is 3.07. The number of guanidine groups is 1. The maximum Gasteiger partial charge on any atom is 0.230 e. The Morgan fingerprint density at radius 2 is 1.92 bits per heavy atom. The summed E-state index contributed by atoms with van der Waals surface area (Å²) in [5.74, 6) is 0.638. The predicted molar refractivity (Wildman–Crippen MR) is 111 cm³/mol. The Bertz CT molecular complexity index is 433. The molecule has 1 saturated heterocycles. The van der Waals surface area contributed by atoms with Crippen molar-refractivity contribution in [3.63, 3.8) is 0 Å². The number of hydrogen-bond donors (Lipinski definition) is 2. The molecule has 0 aromatic heterocycles. The number of amides is 1. The summed E-state index contributed by atoms with van der Waals surface area (Å²) in [6.45, 7) is 6.04. The van der Waals surface area contributed by atoms with Crippen molar-refractivity contribution in [2.75, 3.05) is 60.0 Å². The van der Waals surface area contributed by atoms with Crippen molar-refractivity contribution in [3.8, 4) is 0 Å². The third-order valence-electron chi connectivity index (χ3n) is 5.03. The number of nitrogens with zero attached hydrogens (tertiary/aromatic N) is 3. The van der Waals surface area contributed by atoms with Crippen LogP contribution in [0.15, 0.2) is 4.99 Å². The van der Waals surface area contributed by atoms with Crippen LogP contribution in [0, 0.1) is 5.41 Å². The van der Waals surface area contributed by atoms with Gasteiger partial charge in [0, 0.05) is 33.7 Å². The number of carbonyl (C=O) groups excluding carboxylic acids is 1. The second-order valence-electron chi connectivity index (χ2n) is 7.12. The largest absolute Gasteiger partial charge is 0.379 e. The zero-order valence-electron chi connectivity index (χ0n) is 15.6. The third kappa shape index (κ3) is 6.90. The van der Waals surface area contributed by atoms with E-state index in [2.05, 4.69) is 15.2 Å². The first-order valence-corrected chi connectivity index (χ1v) is 9.09. The lowest BCUT2D eigenvalue weighted by Crippen LogP contribution is -2.42. The van der Waals surface area contributed by atoms with Gasteiger partial charge in [-0.15, -0.1) is 24.0 Å². The molecule has 2 rings (SSSR count). The van der Waals surface area contributed by atoms with Crippen LogP contribution in [0.4, 0.5) is 0 Å². The van der Waals surface area contributed by atoms with Crippen LogP contribution in [0.2, 0.25) is 0 Å². The number of ether oxygens (including phenoxy) is 1. The molecule has 2 aliphatic rings. The molecule has 1 aliphatic carbocycles. The normalized spacial score (nSPS) is 20.8. The van der Waals surface area contributed by atoms with E-state index in [9.17, 15) is 4.79 Å². The minimum atomic E-state index is -0.344. The standard InChI is InChI=1S/C17H33N5O2.HI/c1-21(2)15(23)17(6-3-4-7-17)14-20-16(18)19-8-5-9-22-10-12-24-13-11-22;/h3-14H2,1-2H3,(H3,18,19,20);1H. The van der Waals surface area contributed by atoms with Crippen molar-refractivity contribution in [2.24, 2.45) is 16.1 Å². The van der Waals surface area contributed by atoms with Gasteiger partial charge >= 0.3 is 0 Å². The number of aliphatic imine (C=N–C) groups is 1. The molecule has 146 valence electrons. The first-order chi connectivity index (χ1) is 11.5.